The van der Waals surface area contributed by atoms with Gasteiger partial charge in [-0.1, -0.05) is 0 Å². The van der Waals surface area contributed by atoms with E-state index in [1.54, 1.807) is 13.0 Å². The molecule has 1 heterocycles. The van der Waals surface area contributed by atoms with Crippen LogP contribution in [0.2, 0.25) is 0 Å². The van der Waals surface area contributed by atoms with E-state index in [1.165, 1.54) is 18.6 Å². The largest absolute Gasteiger partial charge is 0.489 e. The van der Waals surface area contributed by atoms with Gasteiger partial charge < -0.3 is 19.5 Å². The summed E-state index contributed by atoms with van der Waals surface area (Å²) in [6, 6.07) is 4.83. The lowest BCUT2D eigenvalue weighted by Gasteiger charge is -2.22. The van der Waals surface area contributed by atoms with Gasteiger partial charge in [0.1, 0.15) is 29.5 Å². The molecule has 0 saturated carbocycles. The van der Waals surface area contributed by atoms with Gasteiger partial charge in [-0.25, -0.2) is 18.6 Å². The highest BCUT2D eigenvalue weighted by Crippen LogP contribution is 2.40. The van der Waals surface area contributed by atoms with Gasteiger partial charge in [-0.15, -0.1) is 0 Å². The number of fused-ring (bicyclic) bond motifs is 1. The zero-order valence-electron chi connectivity index (χ0n) is 19.8. The summed E-state index contributed by atoms with van der Waals surface area (Å²) in [6.45, 7) is 6.22. The fraction of sp³-hybridized carbons (Fsp3) is 0.348. The minimum atomic E-state index is -4.64. The minimum Gasteiger partial charge on any atom is -0.489 e. The quantitative estimate of drug-likeness (QED) is 0.300. The Morgan fingerprint density at radius 3 is 2.37 bits per heavy atom. The van der Waals surface area contributed by atoms with Gasteiger partial charge >= 0.3 is 6.18 Å². The van der Waals surface area contributed by atoms with Crippen molar-refractivity contribution in [3.05, 3.63) is 42.0 Å². The van der Waals surface area contributed by atoms with E-state index >= 15 is 0 Å². The number of anilines is 3. The zero-order valence-corrected chi connectivity index (χ0v) is 20.6. The Morgan fingerprint density at radius 2 is 1.77 bits per heavy atom. The number of halogens is 4. The summed E-state index contributed by atoms with van der Waals surface area (Å²) >= 11 is 0. The molecule has 2 aromatic carbocycles. The summed E-state index contributed by atoms with van der Waals surface area (Å²) in [4.78, 5) is 8.51. The van der Waals surface area contributed by atoms with Crippen molar-refractivity contribution in [3.8, 4) is 11.5 Å². The van der Waals surface area contributed by atoms with Crippen LogP contribution < -0.4 is 19.5 Å². The van der Waals surface area contributed by atoms with Crippen molar-refractivity contribution in [3.63, 3.8) is 0 Å². The third-order valence-electron chi connectivity index (χ3n) is 4.76. The predicted molar refractivity (Wildman–Crippen MR) is 131 cm³/mol. The van der Waals surface area contributed by atoms with Gasteiger partial charge in [0.15, 0.2) is 6.10 Å². The molecule has 190 valence electrons. The summed E-state index contributed by atoms with van der Waals surface area (Å²) in [5.41, 5.74) is 1.51. The van der Waals surface area contributed by atoms with E-state index in [0.29, 0.717) is 27.9 Å². The van der Waals surface area contributed by atoms with Crippen molar-refractivity contribution in [1.29, 1.82) is 0 Å². The lowest BCUT2D eigenvalue weighted by molar-refractivity contribution is -0.189. The molecule has 12 heteroatoms. The third kappa shape index (κ3) is 6.44. The molecule has 0 saturated heterocycles. The lowest BCUT2D eigenvalue weighted by Crippen LogP contribution is -2.31. The van der Waals surface area contributed by atoms with Crippen LogP contribution >= 0.6 is 0 Å². The van der Waals surface area contributed by atoms with Crippen molar-refractivity contribution in [1.82, 2.24) is 9.97 Å². The number of aryl methyl sites for hydroxylation is 1. The monoisotopic (exact) mass is 514 g/mol. The van der Waals surface area contributed by atoms with Gasteiger partial charge in [0.2, 0.25) is 0 Å². The molecule has 35 heavy (non-hydrogen) atoms. The number of ether oxygens (including phenoxy) is 2. The van der Waals surface area contributed by atoms with Crippen LogP contribution in [0.1, 0.15) is 26.3 Å². The summed E-state index contributed by atoms with van der Waals surface area (Å²) in [5, 5.41) is 3.43. The van der Waals surface area contributed by atoms with Gasteiger partial charge in [0.25, 0.3) is 0 Å². The van der Waals surface area contributed by atoms with Gasteiger partial charge in [-0.2, -0.15) is 13.2 Å². The molecule has 3 aromatic rings. The van der Waals surface area contributed by atoms with Crippen LogP contribution in [-0.2, 0) is 9.71 Å². The van der Waals surface area contributed by atoms with Gasteiger partial charge in [-0.3, -0.25) is 0 Å². The van der Waals surface area contributed by atoms with E-state index in [0.717, 1.165) is 19.1 Å². The average Bonchev–Trinajstić information content (AvgIpc) is 2.70. The molecular weight excluding hydrogens is 488 g/mol. The second-order valence-electron chi connectivity index (χ2n) is 8.34. The number of rotatable bonds is 8. The predicted octanol–water partition coefficient (Wildman–Crippen LogP) is 5.61. The second-order valence-corrected chi connectivity index (χ2v) is 10.5. The molecule has 0 aliphatic carbocycles. The van der Waals surface area contributed by atoms with E-state index in [-0.39, 0.29) is 23.4 Å². The number of benzene rings is 2. The molecule has 2 atom stereocenters. The molecule has 7 nitrogen and oxygen atoms in total. The van der Waals surface area contributed by atoms with Gasteiger partial charge in [0.05, 0.1) is 23.0 Å². The number of nitrogens with one attached hydrogen (secondary N) is 2. The van der Waals surface area contributed by atoms with E-state index in [1.807, 2.05) is 13.8 Å². The highest BCUT2D eigenvalue weighted by Gasteiger charge is 2.38. The van der Waals surface area contributed by atoms with Crippen LogP contribution in [0.25, 0.3) is 10.9 Å². The molecule has 0 fully saturated rings. The van der Waals surface area contributed by atoms with Crippen LogP contribution in [0.4, 0.5) is 34.8 Å². The van der Waals surface area contributed by atoms with E-state index in [9.17, 15) is 21.8 Å². The van der Waals surface area contributed by atoms with Crippen molar-refractivity contribution >= 4 is 43.7 Å². The average molecular weight is 515 g/mol. The fourth-order valence-electron chi connectivity index (χ4n) is 3.27. The summed E-state index contributed by atoms with van der Waals surface area (Å²) < 4.78 is 79.2. The first-order valence-corrected chi connectivity index (χ1v) is 12.6. The molecule has 0 radical (unpaired) electrons. The molecule has 2 N–H and O–H groups in total. The van der Waals surface area contributed by atoms with Gasteiger partial charge in [0, 0.05) is 33.0 Å². The Balaban J connectivity index is 2.15. The van der Waals surface area contributed by atoms with E-state index in [2.05, 4.69) is 25.9 Å². The standard InChI is InChI=1S/C23H26F4N4O3S/c1-12(2)33-21-13(3)20-17(10-18(21)31-35(5,6)32)28-11-29-22(20)30-16-8-7-15(24)9-19(16)34-14(4)23(25,26)27/h7-12,14H,5H2,1-4,6H3,(H,31,32)(H,28,29,30). The topological polar surface area (TPSA) is 85.4 Å². The molecule has 0 amide bonds. The maximum absolute atomic E-state index is 13.8. The highest BCUT2D eigenvalue weighted by atomic mass is 32.2. The maximum atomic E-state index is 13.8. The first kappa shape index (κ1) is 26.3. The Kier molecular flexibility index (Phi) is 7.34. The molecule has 0 spiro atoms. The summed E-state index contributed by atoms with van der Waals surface area (Å²) in [5.74, 6) is 3.15. The van der Waals surface area contributed by atoms with Crippen molar-refractivity contribution in [2.75, 3.05) is 16.3 Å². The zero-order chi connectivity index (χ0) is 26.1. The van der Waals surface area contributed by atoms with Crippen molar-refractivity contribution < 1.29 is 31.2 Å². The Hall–Kier alpha value is -3.28. The normalized spacial score (nSPS) is 14.5. The molecule has 2 unspecified atom stereocenters. The van der Waals surface area contributed by atoms with Crippen molar-refractivity contribution in [2.24, 2.45) is 0 Å². The minimum absolute atomic E-state index is 0.0739. The smallest absolute Gasteiger partial charge is 0.425 e. The lowest BCUT2D eigenvalue weighted by atomic mass is 10.1. The highest BCUT2D eigenvalue weighted by molar-refractivity contribution is 8.00. The van der Waals surface area contributed by atoms with Crippen LogP contribution in [0.15, 0.2) is 30.6 Å². The Morgan fingerprint density at radius 1 is 1.09 bits per heavy atom. The van der Waals surface area contributed by atoms with E-state index < -0.39 is 27.8 Å². The van der Waals surface area contributed by atoms with Crippen LogP contribution in [0.5, 0.6) is 11.5 Å². The second kappa shape index (κ2) is 9.76. The van der Waals surface area contributed by atoms with Crippen LogP contribution in [-0.4, -0.2) is 44.7 Å². The van der Waals surface area contributed by atoms with E-state index in [4.69, 9.17) is 9.47 Å². The Bertz CT molecular complexity index is 1340. The first-order valence-electron chi connectivity index (χ1n) is 10.5. The number of alkyl halides is 3. The number of nitrogens with zero attached hydrogens (tertiary/aromatic N) is 2. The fourth-order valence-corrected chi connectivity index (χ4v) is 3.89. The van der Waals surface area contributed by atoms with Crippen molar-refractivity contribution in [2.45, 2.75) is 46.1 Å². The molecule has 1 aromatic heterocycles. The van der Waals surface area contributed by atoms with Crippen LogP contribution in [0.3, 0.4) is 0 Å². The molecule has 0 bridgehead atoms. The molecule has 0 aliphatic heterocycles. The summed E-state index contributed by atoms with van der Waals surface area (Å²) in [6.07, 6.45) is -4.34. The van der Waals surface area contributed by atoms with Crippen LogP contribution in [0, 0.1) is 12.7 Å². The summed E-state index contributed by atoms with van der Waals surface area (Å²) in [7, 11) is -2.65. The SMILES string of the molecule is C=S(C)(=O)Nc1cc2ncnc(Nc3ccc(F)cc3OC(C)C(F)(F)F)c2c(C)c1OC(C)C. The molecule has 3 rings (SSSR count). The third-order valence-corrected chi connectivity index (χ3v) is 5.41. The van der Waals surface area contributed by atoms with Gasteiger partial charge in [-0.05, 0) is 51.8 Å². The number of hydrogen-bond acceptors (Lipinski definition) is 6. The maximum Gasteiger partial charge on any atom is 0.425 e. The Labute approximate surface area is 201 Å². The number of aromatic nitrogens is 2. The molecular formula is C23H26F4N4O3S. The first-order chi connectivity index (χ1) is 16.2. The number of hydrogen-bond donors (Lipinski definition) is 2. The molecule has 0 aliphatic rings.